The van der Waals surface area contributed by atoms with Crippen molar-refractivity contribution < 1.29 is 0 Å². The molecule has 0 saturated heterocycles. The van der Waals surface area contributed by atoms with Crippen LogP contribution in [0.4, 0.5) is 0 Å². The maximum Gasteiger partial charge on any atom is 0.176 e. The fraction of sp³-hybridized carbons (Fsp3) is 0.857. The molecule has 1 N–H and O–H groups in total. The smallest absolute Gasteiger partial charge is 0.176 e. The van der Waals surface area contributed by atoms with Crippen LogP contribution in [0.2, 0.25) is 0 Å². The Balaban J connectivity index is 2.17. The topological polar surface area (TPSA) is 35.8 Å². The van der Waals surface area contributed by atoms with Gasteiger partial charge in [-0.05, 0) is 12.8 Å². The fourth-order valence-corrected chi connectivity index (χ4v) is 1.34. The van der Waals surface area contributed by atoms with Crippen LogP contribution in [-0.4, -0.2) is 6.04 Å². The Morgan fingerprint density at radius 1 is 1.22 bits per heavy atom. The van der Waals surface area contributed by atoms with E-state index in [1.54, 1.807) is 0 Å². The molecule has 1 aliphatic rings. The molecular weight excluding hydrogens is 112 g/mol. The molecule has 2 heteroatoms. The third-order valence-corrected chi connectivity index (χ3v) is 1.87. The van der Waals surface area contributed by atoms with E-state index in [0.717, 1.165) is 0 Å². The molecule has 1 fully saturated rings. The van der Waals surface area contributed by atoms with E-state index < -0.39 is 0 Å². The van der Waals surface area contributed by atoms with Crippen molar-refractivity contribution in [2.45, 2.75) is 38.1 Å². The summed E-state index contributed by atoms with van der Waals surface area (Å²) in [5, 5.41) is 11.0. The highest BCUT2D eigenvalue weighted by molar-refractivity contribution is 4.78. The van der Waals surface area contributed by atoms with Gasteiger partial charge in [0.1, 0.15) is 0 Å². The number of hydrogen-bond acceptors (Lipinski definition) is 2. The summed E-state index contributed by atoms with van der Waals surface area (Å²) in [6.07, 6.45) is 8.30. The van der Waals surface area contributed by atoms with Gasteiger partial charge in [0.15, 0.2) is 6.19 Å². The molecule has 0 radical (unpaired) electrons. The number of nitriles is 1. The minimum Gasteiger partial charge on any atom is -0.321 e. The maximum absolute atomic E-state index is 8.26. The van der Waals surface area contributed by atoms with Crippen LogP contribution in [0.15, 0.2) is 0 Å². The Labute approximate surface area is 55.9 Å². The Morgan fingerprint density at radius 3 is 2.44 bits per heavy atom. The molecule has 0 aromatic rings. The van der Waals surface area contributed by atoms with E-state index >= 15 is 0 Å². The standard InChI is InChI=1S/C7H12N2/c8-6-9-7-4-2-1-3-5-7/h7,9H,1-5H2. The first kappa shape index (κ1) is 6.41. The summed E-state index contributed by atoms with van der Waals surface area (Å²) in [6.45, 7) is 0. The van der Waals surface area contributed by atoms with E-state index in [9.17, 15) is 0 Å². The normalized spacial score (nSPS) is 20.8. The second-order valence-electron chi connectivity index (χ2n) is 2.59. The average Bonchev–Trinajstić information content (AvgIpc) is 1.91. The first-order valence-corrected chi connectivity index (χ1v) is 3.58. The minimum absolute atomic E-state index is 0.490. The molecule has 0 amide bonds. The van der Waals surface area contributed by atoms with Gasteiger partial charge in [0.2, 0.25) is 0 Å². The summed E-state index contributed by atoms with van der Waals surface area (Å²) in [5.74, 6) is 0. The van der Waals surface area contributed by atoms with Crippen molar-refractivity contribution >= 4 is 0 Å². The second kappa shape index (κ2) is 3.34. The van der Waals surface area contributed by atoms with Gasteiger partial charge >= 0.3 is 0 Å². The zero-order chi connectivity index (χ0) is 6.53. The summed E-state index contributed by atoms with van der Waals surface area (Å²) in [5.41, 5.74) is 0. The first-order chi connectivity index (χ1) is 4.43. The molecule has 9 heavy (non-hydrogen) atoms. The number of nitrogens with zero attached hydrogens (tertiary/aromatic N) is 1. The van der Waals surface area contributed by atoms with Gasteiger partial charge in [-0.1, -0.05) is 19.3 Å². The van der Waals surface area contributed by atoms with Crippen LogP contribution in [0.25, 0.3) is 0 Å². The lowest BCUT2D eigenvalue weighted by Crippen LogP contribution is -2.26. The zero-order valence-electron chi connectivity index (χ0n) is 5.56. The van der Waals surface area contributed by atoms with Crippen molar-refractivity contribution in [3.63, 3.8) is 0 Å². The molecule has 1 aliphatic carbocycles. The van der Waals surface area contributed by atoms with Crippen molar-refractivity contribution in [2.75, 3.05) is 0 Å². The van der Waals surface area contributed by atoms with Gasteiger partial charge < -0.3 is 5.32 Å². The Hall–Kier alpha value is -0.710. The summed E-state index contributed by atoms with van der Waals surface area (Å²) in [4.78, 5) is 0. The van der Waals surface area contributed by atoms with Crippen LogP contribution in [0, 0.1) is 11.5 Å². The number of rotatable bonds is 1. The van der Waals surface area contributed by atoms with Gasteiger partial charge in [-0.25, -0.2) is 0 Å². The van der Waals surface area contributed by atoms with Crippen molar-refractivity contribution in [2.24, 2.45) is 0 Å². The van der Waals surface area contributed by atoms with Crippen LogP contribution in [-0.2, 0) is 0 Å². The van der Waals surface area contributed by atoms with Crippen molar-refractivity contribution in [1.82, 2.24) is 5.32 Å². The van der Waals surface area contributed by atoms with E-state index in [-0.39, 0.29) is 0 Å². The van der Waals surface area contributed by atoms with Crippen molar-refractivity contribution in [3.8, 4) is 6.19 Å². The average molecular weight is 124 g/mol. The summed E-state index contributed by atoms with van der Waals surface area (Å²) < 4.78 is 0. The van der Waals surface area contributed by atoms with E-state index in [0.29, 0.717) is 6.04 Å². The monoisotopic (exact) mass is 124 g/mol. The molecule has 0 heterocycles. The highest BCUT2D eigenvalue weighted by Gasteiger charge is 2.10. The third-order valence-electron chi connectivity index (χ3n) is 1.87. The molecule has 0 spiro atoms. The Kier molecular flexibility index (Phi) is 2.38. The number of nitrogens with one attached hydrogen (secondary N) is 1. The van der Waals surface area contributed by atoms with Gasteiger partial charge in [0.05, 0.1) is 0 Å². The van der Waals surface area contributed by atoms with E-state index in [1.807, 2.05) is 6.19 Å². The molecule has 0 aliphatic heterocycles. The minimum atomic E-state index is 0.490. The molecule has 1 saturated carbocycles. The second-order valence-corrected chi connectivity index (χ2v) is 2.59. The molecule has 0 atom stereocenters. The predicted octanol–water partition coefficient (Wildman–Crippen LogP) is 1.39. The molecule has 0 aromatic carbocycles. The predicted molar refractivity (Wildman–Crippen MR) is 35.6 cm³/mol. The lowest BCUT2D eigenvalue weighted by molar-refractivity contribution is 0.408. The van der Waals surface area contributed by atoms with E-state index in [4.69, 9.17) is 5.26 Å². The SMILES string of the molecule is N#CNC1CCCCC1. The molecule has 0 aromatic heterocycles. The highest BCUT2D eigenvalue weighted by atomic mass is 14.9. The Morgan fingerprint density at radius 2 is 1.89 bits per heavy atom. The molecule has 0 bridgehead atoms. The van der Waals surface area contributed by atoms with E-state index in [1.165, 1.54) is 32.1 Å². The summed E-state index contributed by atoms with van der Waals surface area (Å²) in [7, 11) is 0. The maximum atomic E-state index is 8.26. The van der Waals surface area contributed by atoms with Crippen LogP contribution in [0.5, 0.6) is 0 Å². The van der Waals surface area contributed by atoms with Gasteiger partial charge in [0, 0.05) is 6.04 Å². The van der Waals surface area contributed by atoms with Gasteiger partial charge in [-0.2, -0.15) is 5.26 Å². The number of hydrogen-bond donors (Lipinski definition) is 1. The summed E-state index contributed by atoms with van der Waals surface area (Å²) >= 11 is 0. The third kappa shape index (κ3) is 1.93. The summed E-state index contributed by atoms with van der Waals surface area (Å²) in [6, 6.07) is 0.490. The lowest BCUT2D eigenvalue weighted by Gasteiger charge is -2.19. The first-order valence-electron chi connectivity index (χ1n) is 3.58. The van der Waals surface area contributed by atoms with Crippen molar-refractivity contribution in [1.29, 1.82) is 5.26 Å². The van der Waals surface area contributed by atoms with Crippen molar-refractivity contribution in [3.05, 3.63) is 0 Å². The van der Waals surface area contributed by atoms with Gasteiger partial charge in [-0.3, -0.25) is 0 Å². The van der Waals surface area contributed by atoms with Gasteiger partial charge in [0.25, 0.3) is 0 Å². The molecule has 2 nitrogen and oxygen atoms in total. The molecular formula is C7H12N2. The molecule has 1 rings (SSSR count). The molecule has 50 valence electrons. The largest absolute Gasteiger partial charge is 0.321 e. The van der Waals surface area contributed by atoms with Crippen LogP contribution in [0.1, 0.15) is 32.1 Å². The highest BCUT2D eigenvalue weighted by Crippen LogP contribution is 2.16. The molecule has 0 unspecified atom stereocenters. The Bertz CT molecular complexity index is 109. The zero-order valence-corrected chi connectivity index (χ0v) is 5.56. The van der Waals surface area contributed by atoms with Crippen LogP contribution in [0.3, 0.4) is 0 Å². The quantitative estimate of drug-likeness (QED) is 0.423. The van der Waals surface area contributed by atoms with Crippen LogP contribution >= 0.6 is 0 Å². The van der Waals surface area contributed by atoms with Crippen LogP contribution < -0.4 is 5.32 Å². The van der Waals surface area contributed by atoms with Gasteiger partial charge in [-0.15, -0.1) is 0 Å². The van der Waals surface area contributed by atoms with E-state index in [2.05, 4.69) is 5.32 Å². The fourth-order valence-electron chi connectivity index (χ4n) is 1.34. The lowest BCUT2D eigenvalue weighted by atomic mass is 9.96.